The van der Waals surface area contributed by atoms with E-state index in [-0.39, 0.29) is 24.3 Å². The fraction of sp³-hybridized carbons (Fsp3) is 0.444. The van der Waals surface area contributed by atoms with Gasteiger partial charge in [0.1, 0.15) is 0 Å². The highest BCUT2D eigenvalue weighted by molar-refractivity contribution is 5.97. The molecule has 2 aliphatic heterocycles. The number of benzene rings is 2. The van der Waals surface area contributed by atoms with Gasteiger partial charge in [-0.1, -0.05) is 13.0 Å². The lowest BCUT2D eigenvalue weighted by atomic mass is 9.98. The lowest BCUT2D eigenvalue weighted by Gasteiger charge is -2.30. The van der Waals surface area contributed by atoms with Gasteiger partial charge < -0.3 is 20.4 Å². The van der Waals surface area contributed by atoms with Crippen LogP contribution in [0.15, 0.2) is 48.5 Å². The maximum atomic E-state index is 12.8. The number of carbonyl (C=O) groups is 3. The number of likely N-dealkylation sites (tertiary alicyclic amines) is 2. The molecule has 7 nitrogen and oxygen atoms in total. The largest absolute Gasteiger partial charge is 0.376 e. The van der Waals surface area contributed by atoms with Gasteiger partial charge in [0.05, 0.1) is 6.54 Å². The Hall–Kier alpha value is -3.35. The van der Waals surface area contributed by atoms with Crippen molar-refractivity contribution in [1.82, 2.24) is 9.80 Å². The molecule has 0 spiro atoms. The zero-order valence-corrected chi connectivity index (χ0v) is 19.9. The van der Waals surface area contributed by atoms with E-state index in [1.807, 2.05) is 28.0 Å². The number of piperidine rings is 2. The minimum Gasteiger partial charge on any atom is -0.376 e. The van der Waals surface area contributed by atoms with Gasteiger partial charge in [-0.05, 0) is 80.5 Å². The summed E-state index contributed by atoms with van der Waals surface area (Å²) in [5.74, 6) is 0.561. The second-order valence-electron chi connectivity index (χ2n) is 9.39. The zero-order valence-electron chi connectivity index (χ0n) is 19.9. The topological polar surface area (TPSA) is 81.8 Å². The molecule has 0 saturated carbocycles. The van der Waals surface area contributed by atoms with E-state index in [1.54, 1.807) is 30.3 Å². The molecule has 2 aromatic carbocycles. The first kappa shape index (κ1) is 23.8. The number of nitrogens with one attached hydrogen (secondary N) is 2. The first-order chi connectivity index (χ1) is 16.5. The molecule has 2 heterocycles. The number of rotatable bonds is 6. The summed E-state index contributed by atoms with van der Waals surface area (Å²) in [7, 11) is 0. The second-order valence-corrected chi connectivity index (χ2v) is 9.39. The lowest BCUT2D eigenvalue weighted by molar-refractivity contribution is -0.114. The van der Waals surface area contributed by atoms with E-state index in [2.05, 4.69) is 17.6 Å². The van der Waals surface area contributed by atoms with Gasteiger partial charge in [-0.3, -0.25) is 14.4 Å². The third-order valence-electron chi connectivity index (χ3n) is 6.69. The van der Waals surface area contributed by atoms with Crippen LogP contribution in [-0.4, -0.2) is 60.2 Å². The van der Waals surface area contributed by atoms with E-state index in [9.17, 15) is 14.4 Å². The Morgan fingerprint density at radius 3 is 2.15 bits per heavy atom. The average molecular weight is 463 g/mol. The standard InChI is InChI=1S/C27H34N4O3/c1-20-12-16-31(17-13-20)27(34)22-6-5-7-24(18-22)28-19-25(32)29-23-10-8-21(9-11-23)26(33)30-14-3-2-4-15-30/h5-11,18,20,28H,2-4,12-17,19H2,1H3,(H,29,32). The van der Waals surface area contributed by atoms with Gasteiger partial charge in [0, 0.05) is 48.7 Å². The van der Waals surface area contributed by atoms with E-state index in [0.29, 0.717) is 22.7 Å². The molecule has 2 N–H and O–H groups in total. The monoisotopic (exact) mass is 462 g/mol. The molecule has 2 saturated heterocycles. The van der Waals surface area contributed by atoms with Crippen molar-refractivity contribution in [3.05, 3.63) is 59.7 Å². The molecule has 2 aliphatic rings. The van der Waals surface area contributed by atoms with Crippen LogP contribution in [0, 0.1) is 5.92 Å². The molecule has 2 fully saturated rings. The van der Waals surface area contributed by atoms with Crippen LogP contribution in [0.2, 0.25) is 0 Å². The highest BCUT2D eigenvalue weighted by atomic mass is 16.2. The summed E-state index contributed by atoms with van der Waals surface area (Å²) in [5.41, 5.74) is 2.65. The van der Waals surface area contributed by atoms with E-state index >= 15 is 0 Å². The number of anilines is 2. The summed E-state index contributed by atoms with van der Waals surface area (Å²) >= 11 is 0. The van der Waals surface area contributed by atoms with Crippen LogP contribution in [0.5, 0.6) is 0 Å². The Balaban J connectivity index is 1.27. The van der Waals surface area contributed by atoms with Gasteiger partial charge in [0.25, 0.3) is 11.8 Å². The summed E-state index contributed by atoms with van der Waals surface area (Å²) in [5, 5.41) is 5.95. The first-order valence-electron chi connectivity index (χ1n) is 12.3. The molecular formula is C27H34N4O3. The van der Waals surface area contributed by atoms with E-state index in [1.165, 1.54) is 6.42 Å². The molecule has 180 valence electrons. The number of amides is 3. The maximum absolute atomic E-state index is 12.8. The smallest absolute Gasteiger partial charge is 0.253 e. The average Bonchev–Trinajstić information content (AvgIpc) is 2.88. The van der Waals surface area contributed by atoms with Crippen LogP contribution >= 0.6 is 0 Å². The Kier molecular flexibility index (Phi) is 7.83. The molecule has 3 amide bonds. The predicted octanol–water partition coefficient (Wildman–Crippen LogP) is 4.24. The molecule has 0 unspecified atom stereocenters. The quantitative estimate of drug-likeness (QED) is 0.673. The minimum atomic E-state index is -0.197. The van der Waals surface area contributed by atoms with Crippen LogP contribution in [-0.2, 0) is 4.79 Å². The van der Waals surface area contributed by atoms with Crippen molar-refractivity contribution in [3.63, 3.8) is 0 Å². The maximum Gasteiger partial charge on any atom is 0.253 e. The first-order valence-corrected chi connectivity index (χ1v) is 12.3. The third-order valence-corrected chi connectivity index (χ3v) is 6.69. The molecule has 4 rings (SSSR count). The van der Waals surface area contributed by atoms with E-state index in [0.717, 1.165) is 57.5 Å². The van der Waals surface area contributed by atoms with Crippen molar-refractivity contribution in [2.45, 2.75) is 39.0 Å². The van der Waals surface area contributed by atoms with Crippen molar-refractivity contribution in [2.24, 2.45) is 5.92 Å². The summed E-state index contributed by atoms with van der Waals surface area (Å²) in [4.78, 5) is 41.6. The van der Waals surface area contributed by atoms with E-state index < -0.39 is 0 Å². The van der Waals surface area contributed by atoms with Crippen molar-refractivity contribution in [3.8, 4) is 0 Å². The van der Waals surface area contributed by atoms with Crippen LogP contribution in [0.1, 0.15) is 59.7 Å². The molecule has 7 heteroatoms. The Morgan fingerprint density at radius 1 is 0.794 bits per heavy atom. The summed E-state index contributed by atoms with van der Waals surface area (Å²) < 4.78 is 0. The van der Waals surface area contributed by atoms with Gasteiger partial charge in [0.2, 0.25) is 5.91 Å². The van der Waals surface area contributed by atoms with Crippen LogP contribution in [0.25, 0.3) is 0 Å². The normalized spacial score (nSPS) is 16.7. The number of nitrogens with zero attached hydrogens (tertiary/aromatic N) is 2. The second kappa shape index (κ2) is 11.2. The highest BCUT2D eigenvalue weighted by Gasteiger charge is 2.21. The Morgan fingerprint density at radius 2 is 1.44 bits per heavy atom. The molecule has 0 aliphatic carbocycles. The van der Waals surface area contributed by atoms with Gasteiger partial charge in [-0.15, -0.1) is 0 Å². The Labute approximate surface area is 201 Å². The SMILES string of the molecule is CC1CCN(C(=O)c2cccc(NCC(=O)Nc3ccc(C(=O)N4CCCCC4)cc3)c2)CC1. The number of hydrogen-bond acceptors (Lipinski definition) is 4. The summed E-state index contributed by atoms with van der Waals surface area (Å²) in [6.45, 7) is 5.51. The van der Waals surface area contributed by atoms with E-state index in [4.69, 9.17) is 0 Å². The van der Waals surface area contributed by atoms with Crippen LogP contribution in [0.4, 0.5) is 11.4 Å². The molecule has 2 aromatic rings. The molecule has 34 heavy (non-hydrogen) atoms. The fourth-order valence-corrected chi connectivity index (χ4v) is 4.52. The van der Waals surface area contributed by atoms with Gasteiger partial charge in [-0.25, -0.2) is 0 Å². The summed E-state index contributed by atoms with van der Waals surface area (Å²) in [6.07, 6.45) is 5.37. The van der Waals surface area contributed by atoms with Crippen LogP contribution in [0.3, 0.4) is 0 Å². The number of hydrogen-bond donors (Lipinski definition) is 2. The third kappa shape index (κ3) is 6.16. The molecule has 0 radical (unpaired) electrons. The van der Waals surface area contributed by atoms with Gasteiger partial charge in [-0.2, -0.15) is 0 Å². The van der Waals surface area contributed by atoms with Crippen molar-refractivity contribution < 1.29 is 14.4 Å². The predicted molar refractivity (Wildman–Crippen MR) is 134 cm³/mol. The fourth-order valence-electron chi connectivity index (χ4n) is 4.52. The lowest BCUT2D eigenvalue weighted by Crippen LogP contribution is -2.37. The molecular weight excluding hydrogens is 428 g/mol. The van der Waals surface area contributed by atoms with Gasteiger partial charge >= 0.3 is 0 Å². The molecule has 0 atom stereocenters. The summed E-state index contributed by atoms with van der Waals surface area (Å²) in [6, 6.07) is 14.3. The molecule has 0 aromatic heterocycles. The van der Waals surface area contributed by atoms with Crippen molar-refractivity contribution in [1.29, 1.82) is 0 Å². The van der Waals surface area contributed by atoms with Gasteiger partial charge in [0.15, 0.2) is 0 Å². The zero-order chi connectivity index (χ0) is 23.9. The minimum absolute atomic E-state index is 0.0409. The Bertz CT molecular complexity index is 1010. The van der Waals surface area contributed by atoms with Crippen molar-refractivity contribution >= 4 is 29.1 Å². The van der Waals surface area contributed by atoms with Crippen LogP contribution < -0.4 is 10.6 Å². The number of carbonyl (C=O) groups excluding carboxylic acids is 3. The molecule has 0 bridgehead atoms. The highest BCUT2D eigenvalue weighted by Crippen LogP contribution is 2.20. The van der Waals surface area contributed by atoms with Crippen molar-refractivity contribution in [2.75, 3.05) is 43.4 Å².